The van der Waals surface area contributed by atoms with E-state index in [1.807, 2.05) is 6.07 Å². The summed E-state index contributed by atoms with van der Waals surface area (Å²) in [7, 11) is 0. The summed E-state index contributed by atoms with van der Waals surface area (Å²) in [6.45, 7) is 0. The standard InChI is InChI=1S/C11H16N2/c12-13-11-7-3-6-10(8-11)9-4-1-2-5-9/h3,6-9,13H,1-2,4-5,12H2. The maximum Gasteiger partial charge on any atom is 0.0487 e. The third-order valence-corrected chi connectivity index (χ3v) is 2.88. The van der Waals surface area contributed by atoms with Crippen LogP contribution >= 0.6 is 0 Å². The summed E-state index contributed by atoms with van der Waals surface area (Å²) in [6, 6.07) is 8.44. The van der Waals surface area contributed by atoms with Gasteiger partial charge in [-0.05, 0) is 36.5 Å². The predicted molar refractivity (Wildman–Crippen MR) is 55.5 cm³/mol. The van der Waals surface area contributed by atoms with Crippen molar-refractivity contribution in [2.24, 2.45) is 5.84 Å². The average Bonchev–Trinajstić information content (AvgIpc) is 2.71. The van der Waals surface area contributed by atoms with Gasteiger partial charge in [-0.15, -0.1) is 0 Å². The third kappa shape index (κ3) is 1.83. The molecule has 0 radical (unpaired) electrons. The monoisotopic (exact) mass is 176 g/mol. The lowest BCUT2D eigenvalue weighted by Crippen LogP contribution is -2.07. The van der Waals surface area contributed by atoms with Crippen molar-refractivity contribution in [3.63, 3.8) is 0 Å². The van der Waals surface area contributed by atoms with E-state index in [-0.39, 0.29) is 0 Å². The van der Waals surface area contributed by atoms with Crippen molar-refractivity contribution in [3.8, 4) is 0 Å². The Hall–Kier alpha value is -1.02. The summed E-state index contributed by atoms with van der Waals surface area (Å²) in [5.41, 5.74) is 5.15. The fourth-order valence-corrected chi connectivity index (χ4v) is 2.14. The van der Waals surface area contributed by atoms with Crippen LogP contribution in [0.5, 0.6) is 0 Å². The number of hydrogen-bond donors (Lipinski definition) is 2. The molecule has 1 aromatic carbocycles. The molecule has 0 aliphatic heterocycles. The van der Waals surface area contributed by atoms with Gasteiger partial charge in [-0.2, -0.15) is 0 Å². The molecule has 2 nitrogen and oxygen atoms in total. The van der Waals surface area contributed by atoms with Gasteiger partial charge in [0, 0.05) is 5.69 Å². The van der Waals surface area contributed by atoms with E-state index in [1.54, 1.807) is 0 Å². The molecule has 1 saturated carbocycles. The number of hydrazine groups is 1. The largest absolute Gasteiger partial charge is 0.324 e. The molecule has 0 unspecified atom stereocenters. The van der Waals surface area contributed by atoms with Crippen LogP contribution in [0.4, 0.5) is 5.69 Å². The second-order valence-corrected chi connectivity index (χ2v) is 3.75. The van der Waals surface area contributed by atoms with Crippen LogP contribution in [-0.2, 0) is 0 Å². The van der Waals surface area contributed by atoms with Gasteiger partial charge in [-0.1, -0.05) is 25.0 Å². The predicted octanol–water partition coefficient (Wildman–Crippen LogP) is 2.63. The van der Waals surface area contributed by atoms with Gasteiger partial charge in [0.15, 0.2) is 0 Å². The van der Waals surface area contributed by atoms with Crippen LogP contribution in [0.1, 0.15) is 37.2 Å². The summed E-state index contributed by atoms with van der Waals surface area (Å²) < 4.78 is 0. The van der Waals surface area contributed by atoms with Gasteiger partial charge in [-0.25, -0.2) is 0 Å². The number of nitrogen functional groups attached to an aromatic ring is 1. The van der Waals surface area contributed by atoms with Crippen LogP contribution in [-0.4, -0.2) is 0 Å². The molecule has 0 atom stereocenters. The molecule has 13 heavy (non-hydrogen) atoms. The molecule has 3 N–H and O–H groups in total. The molecular weight excluding hydrogens is 160 g/mol. The van der Waals surface area contributed by atoms with Gasteiger partial charge in [0.05, 0.1) is 0 Å². The minimum Gasteiger partial charge on any atom is -0.324 e. The molecular formula is C11H16N2. The molecule has 70 valence electrons. The van der Waals surface area contributed by atoms with Crippen LogP contribution in [0.2, 0.25) is 0 Å². The van der Waals surface area contributed by atoms with Gasteiger partial charge in [0.2, 0.25) is 0 Å². The van der Waals surface area contributed by atoms with Crippen molar-refractivity contribution in [1.82, 2.24) is 0 Å². The fraction of sp³-hybridized carbons (Fsp3) is 0.455. The molecule has 0 amide bonds. The van der Waals surface area contributed by atoms with E-state index in [0.29, 0.717) is 0 Å². The van der Waals surface area contributed by atoms with Crippen molar-refractivity contribution in [1.29, 1.82) is 0 Å². The number of benzene rings is 1. The lowest BCUT2D eigenvalue weighted by atomic mass is 9.97. The van der Waals surface area contributed by atoms with Crippen molar-refractivity contribution in [2.75, 3.05) is 5.43 Å². The summed E-state index contributed by atoms with van der Waals surface area (Å²) in [5, 5.41) is 0. The van der Waals surface area contributed by atoms with Crippen LogP contribution in [0.15, 0.2) is 24.3 Å². The van der Waals surface area contributed by atoms with Gasteiger partial charge >= 0.3 is 0 Å². The SMILES string of the molecule is NNc1cccc(C2CCCC2)c1. The molecule has 1 aromatic rings. The zero-order chi connectivity index (χ0) is 9.10. The molecule has 0 saturated heterocycles. The summed E-state index contributed by atoms with van der Waals surface area (Å²) >= 11 is 0. The third-order valence-electron chi connectivity index (χ3n) is 2.88. The first-order valence-corrected chi connectivity index (χ1v) is 4.97. The highest BCUT2D eigenvalue weighted by atomic mass is 15.2. The number of anilines is 1. The van der Waals surface area contributed by atoms with E-state index in [4.69, 9.17) is 5.84 Å². The normalized spacial score (nSPS) is 17.6. The average molecular weight is 176 g/mol. The lowest BCUT2D eigenvalue weighted by molar-refractivity contribution is 0.723. The molecule has 1 aliphatic rings. The molecule has 1 aliphatic carbocycles. The van der Waals surface area contributed by atoms with Crippen molar-refractivity contribution in [2.45, 2.75) is 31.6 Å². The molecule has 1 fully saturated rings. The zero-order valence-corrected chi connectivity index (χ0v) is 7.79. The van der Waals surface area contributed by atoms with Gasteiger partial charge in [-0.3, -0.25) is 5.84 Å². The van der Waals surface area contributed by atoms with Crippen LogP contribution in [0, 0.1) is 0 Å². The maximum atomic E-state index is 5.37. The quantitative estimate of drug-likeness (QED) is 0.537. The van der Waals surface area contributed by atoms with Crippen molar-refractivity contribution < 1.29 is 0 Å². The Morgan fingerprint density at radius 2 is 2.00 bits per heavy atom. The molecule has 2 rings (SSSR count). The Bertz CT molecular complexity index is 277. The molecule has 0 bridgehead atoms. The van der Waals surface area contributed by atoms with E-state index in [0.717, 1.165) is 11.6 Å². The highest BCUT2D eigenvalue weighted by Crippen LogP contribution is 2.34. The molecule has 0 heterocycles. The Kier molecular flexibility index (Phi) is 2.50. The van der Waals surface area contributed by atoms with E-state index in [9.17, 15) is 0 Å². The first-order chi connectivity index (χ1) is 6.40. The topological polar surface area (TPSA) is 38.0 Å². The van der Waals surface area contributed by atoms with Crippen LogP contribution in [0.3, 0.4) is 0 Å². The van der Waals surface area contributed by atoms with Gasteiger partial charge in [0.25, 0.3) is 0 Å². The van der Waals surface area contributed by atoms with E-state index >= 15 is 0 Å². The fourth-order valence-electron chi connectivity index (χ4n) is 2.14. The summed E-state index contributed by atoms with van der Waals surface area (Å²) in [6.07, 6.45) is 5.44. The molecule has 0 aromatic heterocycles. The Morgan fingerprint density at radius 3 is 2.69 bits per heavy atom. The lowest BCUT2D eigenvalue weighted by Gasteiger charge is -2.10. The van der Waals surface area contributed by atoms with E-state index in [1.165, 1.54) is 31.2 Å². The van der Waals surface area contributed by atoms with E-state index < -0.39 is 0 Å². The maximum absolute atomic E-state index is 5.37. The number of rotatable bonds is 2. The van der Waals surface area contributed by atoms with Crippen LogP contribution in [0.25, 0.3) is 0 Å². The van der Waals surface area contributed by atoms with Crippen molar-refractivity contribution >= 4 is 5.69 Å². The highest BCUT2D eigenvalue weighted by Gasteiger charge is 2.16. The summed E-state index contributed by atoms with van der Waals surface area (Å²) in [4.78, 5) is 0. The first kappa shape index (κ1) is 8.57. The van der Waals surface area contributed by atoms with Gasteiger partial charge < -0.3 is 5.43 Å². The van der Waals surface area contributed by atoms with E-state index in [2.05, 4.69) is 23.6 Å². The summed E-state index contributed by atoms with van der Waals surface area (Å²) in [5.74, 6) is 6.14. The second kappa shape index (κ2) is 3.79. The Balaban J connectivity index is 2.18. The number of nitrogens with two attached hydrogens (primary N) is 1. The number of hydrogen-bond acceptors (Lipinski definition) is 2. The van der Waals surface area contributed by atoms with Crippen molar-refractivity contribution in [3.05, 3.63) is 29.8 Å². The Morgan fingerprint density at radius 1 is 1.23 bits per heavy atom. The number of nitrogens with one attached hydrogen (secondary N) is 1. The minimum absolute atomic E-state index is 0.772. The molecule has 0 spiro atoms. The highest BCUT2D eigenvalue weighted by molar-refractivity contribution is 5.45. The van der Waals surface area contributed by atoms with Crippen LogP contribution < -0.4 is 11.3 Å². The first-order valence-electron chi connectivity index (χ1n) is 4.97. The zero-order valence-electron chi connectivity index (χ0n) is 7.79. The smallest absolute Gasteiger partial charge is 0.0487 e. The second-order valence-electron chi connectivity index (χ2n) is 3.75. The Labute approximate surface area is 79.1 Å². The molecule has 2 heteroatoms. The minimum atomic E-state index is 0.772. The van der Waals surface area contributed by atoms with Gasteiger partial charge in [0.1, 0.15) is 0 Å².